The molecule has 1 amide bonds. The van der Waals surface area contributed by atoms with E-state index in [0.717, 1.165) is 21.3 Å². The van der Waals surface area contributed by atoms with E-state index in [0.29, 0.717) is 29.5 Å². The first-order valence-electron chi connectivity index (χ1n) is 8.85. The van der Waals surface area contributed by atoms with Crippen LogP contribution in [0.4, 0.5) is 5.82 Å². The lowest BCUT2D eigenvalue weighted by Gasteiger charge is -2.24. The van der Waals surface area contributed by atoms with Gasteiger partial charge in [0.05, 0.1) is 5.69 Å². The van der Waals surface area contributed by atoms with Gasteiger partial charge in [-0.05, 0) is 43.7 Å². The maximum Gasteiger partial charge on any atom is 0.226 e. The summed E-state index contributed by atoms with van der Waals surface area (Å²) in [6.07, 6.45) is 0.387. The van der Waals surface area contributed by atoms with Gasteiger partial charge in [-0.2, -0.15) is 14.3 Å². The topological polar surface area (TPSA) is 90.0 Å². The minimum atomic E-state index is -0.0500. The Morgan fingerprint density at radius 1 is 1.07 bits per heavy atom. The van der Waals surface area contributed by atoms with Gasteiger partial charge >= 0.3 is 0 Å². The van der Waals surface area contributed by atoms with Crippen LogP contribution in [0.3, 0.4) is 0 Å². The molecule has 140 valence electrons. The lowest BCUT2D eigenvalue weighted by molar-refractivity contribution is -0.116. The summed E-state index contributed by atoms with van der Waals surface area (Å²) in [4.78, 5) is 12.5. The summed E-state index contributed by atoms with van der Waals surface area (Å²) in [7, 11) is 0. The van der Waals surface area contributed by atoms with Crippen molar-refractivity contribution in [2.24, 2.45) is 0 Å². The quantitative estimate of drug-likeness (QED) is 0.519. The fourth-order valence-corrected chi connectivity index (χ4v) is 3.96. The third kappa shape index (κ3) is 2.62. The molecule has 0 aliphatic carbocycles. The first-order valence-corrected chi connectivity index (χ1v) is 9.65. The summed E-state index contributed by atoms with van der Waals surface area (Å²) >= 11 is 3.47. The maximum atomic E-state index is 12.5. The Morgan fingerprint density at radius 3 is 2.64 bits per heavy atom. The van der Waals surface area contributed by atoms with Gasteiger partial charge in [-0.1, -0.05) is 28.1 Å². The summed E-state index contributed by atoms with van der Waals surface area (Å²) in [6, 6.07) is 11.7. The van der Waals surface area contributed by atoms with Crippen LogP contribution in [-0.4, -0.2) is 35.5 Å². The zero-order valence-corrected chi connectivity index (χ0v) is 16.8. The molecule has 0 spiro atoms. The molecule has 1 aromatic carbocycles. The number of fused-ring (bicyclic) bond motifs is 2. The smallest absolute Gasteiger partial charge is 0.226 e. The highest BCUT2D eigenvalue weighted by atomic mass is 79.9. The molecule has 3 aromatic heterocycles. The first kappa shape index (κ1) is 17.1. The fraction of sp³-hybridized carbons (Fsp3) is 0.211. The summed E-state index contributed by atoms with van der Waals surface area (Å²) in [5, 5.41) is 20.4. The molecule has 1 aliphatic heterocycles. The van der Waals surface area contributed by atoms with Gasteiger partial charge in [0.25, 0.3) is 0 Å². The van der Waals surface area contributed by atoms with Crippen molar-refractivity contribution in [3.8, 4) is 5.82 Å². The standard InChI is InChI=1S/C19H16BrN7O/c1-10-18-14(12-3-5-13(20)6-4-12)9-17(28)21-19(18)27(24-10)16-8-7-15-23-22-11(2)26(15)25-16/h3-8,14H,9H2,1-2H3,(H,21,28). The molecule has 1 N–H and O–H groups in total. The number of halogens is 1. The second-order valence-corrected chi connectivity index (χ2v) is 7.74. The average Bonchev–Trinajstić information content (AvgIpc) is 3.22. The molecular weight excluding hydrogens is 422 g/mol. The van der Waals surface area contributed by atoms with Crippen LogP contribution in [0.15, 0.2) is 40.9 Å². The van der Waals surface area contributed by atoms with Crippen molar-refractivity contribution < 1.29 is 4.79 Å². The molecule has 0 saturated heterocycles. The number of aromatic nitrogens is 6. The highest BCUT2D eigenvalue weighted by Crippen LogP contribution is 2.40. The Kier molecular flexibility index (Phi) is 3.80. The minimum absolute atomic E-state index is 0.0388. The lowest BCUT2D eigenvalue weighted by atomic mass is 9.86. The second kappa shape index (κ2) is 6.23. The van der Waals surface area contributed by atoms with Crippen LogP contribution in [0.1, 0.15) is 35.0 Å². The molecule has 1 aliphatic rings. The molecule has 5 rings (SSSR count). The number of amides is 1. The number of carbonyl (C=O) groups is 1. The molecule has 0 bridgehead atoms. The van der Waals surface area contributed by atoms with Gasteiger partial charge < -0.3 is 5.32 Å². The molecule has 1 unspecified atom stereocenters. The van der Waals surface area contributed by atoms with E-state index in [2.05, 4.69) is 41.6 Å². The van der Waals surface area contributed by atoms with E-state index in [9.17, 15) is 4.79 Å². The van der Waals surface area contributed by atoms with Crippen LogP contribution >= 0.6 is 15.9 Å². The zero-order chi connectivity index (χ0) is 19.4. The van der Waals surface area contributed by atoms with E-state index in [1.54, 1.807) is 9.20 Å². The van der Waals surface area contributed by atoms with E-state index >= 15 is 0 Å². The van der Waals surface area contributed by atoms with Gasteiger partial charge in [-0.15, -0.1) is 15.3 Å². The van der Waals surface area contributed by atoms with Crippen molar-refractivity contribution in [3.63, 3.8) is 0 Å². The van der Waals surface area contributed by atoms with Gasteiger partial charge in [-0.3, -0.25) is 4.79 Å². The zero-order valence-electron chi connectivity index (χ0n) is 15.2. The highest BCUT2D eigenvalue weighted by Gasteiger charge is 2.33. The van der Waals surface area contributed by atoms with Crippen LogP contribution in [-0.2, 0) is 4.79 Å². The highest BCUT2D eigenvalue weighted by molar-refractivity contribution is 9.10. The van der Waals surface area contributed by atoms with Crippen LogP contribution in [0, 0.1) is 13.8 Å². The lowest BCUT2D eigenvalue weighted by Crippen LogP contribution is -2.25. The van der Waals surface area contributed by atoms with E-state index in [4.69, 9.17) is 0 Å². The predicted octanol–water partition coefficient (Wildman–Crippen LogP) is 3.16. The minimum Gasteiger partial charge on any atom is -0.310 e. The summed E-state index contributed by atoms with van der Waals surface area (Å²) in [6.45, 7) is 3.80. The van der Waals surface area contributed by atoms with Gasteiger partial charge in [0.1, 0.15) is 5.82 Å². The number of hydrogen-bond acceptors (Lipinski definition) is 5. The molecule has 4 heterocycles. The van der Waals surface area contributed by atoms with Gasteiger partial charge in [0.2, 0.25) is 5.91 Å². The Morgan fingerprint density at radius 2 is 1.86 bits per heavy atom. The van der Waals surface area contributed by atoms with Crippen LogP contribution in [0.2, 0.25) is 0 Å². The van der Waals surface area contributed by atoms with E-state index < -0.39 is 0 Å². The Balaban J connectivity index is 1.68. The van der Waals surface area contributed by atoms with Crippen molar-refractivity contribution in [1.29, 1.82) is 0 Å². The second-order valence-electron chi connectivity index (χ2n) is 6.82. The van der Waals surface area contributed by atoms with Crippen molar-refractivity contribution >= 4 is 33.3 Å². The molecular formula is C19H16BrN7O. The number of carbonyl (C=O) groups excluding carboxylic acids is 1. The van der Waals surface area contributed by atoms with Crippen LogP contribution in [0.25, 0.3) is 11.5 Å². The molecule has 9 heteroatoms. The number of aryl methyl sites for hydroxylation is 2. The van der Waals surface area contributed by atoms with Crippen molar-refractivity contribution in [2.45, 2.75) is 26.2 Å². The van der Waals surface area contributed by atoms with Crippen molar-refractivity contribution in [3.05, 3.63) is 63.5 Å². The number of rotatable bonds is 2. The Labute approximate surface area is 168 Å². The summed E-state index contributed by atoms with van der Waals surface area (Å²) in [5.74, 6) is 1.86. The molecule has 0 saturated carbocycles. The fourth-order valence-electron chi connectivity index (χ4n) is 3.69. The van der Waals surface area contributed by atoms with Crippen molar-refractivity contribution in [1.82, 2.24) is 29.6 Å². The normalized spacial score (nSPS) is 16.2. The monoisotopic (exact) mass is 437 g/mol. The molecule has 8 nitrogen and oxygen atoms in total. The van der Waals surface area contributed by atoms with Crippen LogP contribution in [0.5, 0.6) is 0 Å². The average molecular weight is 438 g/mol. The number of hydrogen-bond donors (Lipinski definition) is 1. The number of benzene rings is 1. The largest absolute Gasteiger partial charge is 0.310 e. The molecule has 4 aromatic rings. The number of anilines is 1. The number of nitrogens with one attached hydrogen (secondary N) is 1. The predicted molar refractivity (Wildman–Crippen MR) is 107 cm³/mol. The number of nitrogens with zero attached hydrogens (tertiary/aromatic N) is 6. The summed E-state index contributed by atoms with van der Waals surface area (Å²) in [5.41, 5.74) is 3.63. The van der Waals surface area contributed by atoms with Crippen molar-refractivity contribution in [2.75, 3.05) is 5.32 Å². The molecule has 0 radical (unpaired) electrons. The third-order valence-electron chi connectivity index (χ3n) is 5.00. The van der Waals surface area contributed by atoms with E-state index in [1.165, 1.54) is 0 Å². The van der Waals surface area contributed by atoms with Gasteiger partial charge in [0, 0.05) is 22.4 Å². The van der Waals surface area contributed by atoms with Crippen LogP contribution < -0.4 is 5.32 Å². The molecule has 28 heavy (non-hydrogen) atoms. The third-order valence-corrected chi connectivity index (χ3v) is 5.53. The summed E-state index contributed by atoms with van der Waals surface area (Å²) < 4.78 is 4.35. The Hall–Kier alpha value is -3.07. The first-order chi connectivity index (χ1) is 13.5. The van der Waals surface area contributed by atoms with E-state index in [1.807, 2.05) is 50.2 Å². The van der Waals surface area contributed by atoms with Gasteiger partial charge in [-0.25, -0.2) is 0 Å². The molecule has 0 fully saturated rings. The maximum absolute atomic E-state index is 12.5. The molecule has 1 atom stereocenters. The van der Waals surface area contributed by atoms with E-state index in [-0.39, 0.29) is 11.8 Å². The SMILES string of the molecule is Cc1nn(-c2ccc3nnc(C)n3n2)c2c1C(c1ccc(Br)cc1)CC(=O)N2. The Bertz CT molecular complexity index is 1230. The van der Waals surface area contributed by atoms with Gasteiger partial charge in [0.15, 0.2) is 17.3 Å².